The Morgan fingerprint density at radius 3 is 2.47 bits per heavy atom. The summed E-state index contributed by atoms with van der Waals surface area (Å²) in [6, 6.07) is 5.81. The van der Waals surface area contributed by atoms with Crippen LogP contribution >= 0.6 is 0 Å². The topological polar surface area (TPSA) is 116 Å². The van der Waals surface area contributed by atoms with Gasteiger partial charge in [0.2, 0.25) is 0 Å². The van der Waals surface area contributed by atoms with Crippen LogP contribution in [-0.4, -0.2) is 58.1 Å². The van der Waals surface area contributed by atoms with Crippen LogP contribution in [-0.2, 0) is 11.3 Å². The number of alkyl halides is 3. The second-order valence-electron chi connectivity index (χ2n) is 7.82. The molecule has 0 aliphatic carbocycles. The highest BCUT2D eigenvalue weighted by Gasteiger charge is 2.43. The molecule has 1 aliphatic rings. The van der Waals surface area contributed by atoms with Crippen LogP contribution in [0, 0.1) is 5.92 Å². The first-order valence-corrected chi connectivity index (χ1v) is 9.95. The molecule has 1 saturated heterocycles. The van der Waals surface area contributed by atoms with Gasteiger partial charge in [-0.05, 0) is 62.3 Å². The molecular formula is C19H28BF3N2O5. The summed E-state index contributed by atoms with van der Waals surface area (Å²) >= 11 is 0. The van der Waals surface area contributed by atoms with Crippen molar-refractivity contribution in [2.24, 2.45) is 11.7 Å². The minimum Gasteiger partial charge on any atom is -0.480 e. The van der Waals surface area contributed by atoms with Crippen LogP contribution in [0.1, 0.15) is 37.7 Å². The third-order valence-electron chi connectivity index (χ3n) is 5.56. The SMILES string of the molecule is NC(CCCCB(O)O)(C(=O)O)C1CCN(Cc2cccc(OC(F)(F)F)c2)CC1. The molecule has 5 N–H and O–H groups in total. The molecule has 1 atom stereocenters. The molecular weight excluding hydrogens is 404 g/mol. The van der Waals surface area contributed by atoms with E-state index in [9.17, 15) is 23.1 Å². The number of carbonyl (C=O) groups is 1. The predicted molar refractivity (Wildman–Crippen MR) is 105 cm³/mol. The Labute approximate surface area is 173 Å². The maximum absolute atomic E-state index is 12.4. The lowest BCUT2D eigenvalue weighted by Gasteiger charge is -2.40. The molecule has 1 aliphatic heterocycles. The van der Waals surface area contributed by atoms with Gasteiger partial charge in [-0.1, -0.05) is 25.0 Å². The summed E-state index contributed by atoms with van der Waals surface area (Å²) in [5, 5.41) is 27.5. The summed E-state index contributed by atoms with van der Waals surface area (Å²) in [7, 11) is -1.41. The Bertz CT molecular complexity index is 699. The smallest absolute Gasteiger partial charge is 0.480 e. The molecule has 0 bridgehead atoms. The molecule has 11 heteroatoms. The van der Waals surface area contributed by atoms with Gasteiger partial charge in [-0.2, -0.15) is 0 Å². The summed E-state index contributed by atoms with van der Waals surface area (Å²) in [5.41, 5.74) is 5.54. The van der Waals surface area contributed by atoms with E-state index in [0.717, 1.165) is 0 Å². The van der Waals surface area contributed by atoms with Crippen molar-refractivity contribution in [3.63, 3.8) is 0 Å². The van der Waals surface area contributed by atoms with E-state index in [0.29, 0.717) is 50.9 Å². The Hall–Kier alpha value is -1.82. The maximum atomic E-state index is 12.4. The van der Waals surface area contributed by atoms with E-state index in [4.69, 9.17) is 15.8 Å². The van der Waals surface area contributed by atoms with Gasteiger partial charge in [0.25, 0.3) is 0 Å². The Kier molecular flexibility index (Phi) is 8.54. The highest BCUT2D eigenvalue weighted by Crippen LogP contribution is 2.32. The van der Waals surface area contributed by atoms with Gasteiger partial charge in [-0.15, -0.1) is 13.2 Å². The van der Waals surface area contributed by atoms with Crippen molar-refractivity contribution < 1.29 is 37.9 Å². The van der Waals surface area contributed by atoms with Crippen molar-refractivity contribution in [2.75, 3.05) is 13.1 Å². The average molecular weight is 432 g/mol. The number of unbranched alkanes of at least 4 members (excludes halogenated alkanes) is 1. The predicted octanol–water partition coefficient (Wildman–Crippen LogP) is 2.22. The van der Waals surface area contributed by atoms with Crippen molar-refractivity contribution >= 4 is 13.1 Å². The molecule has 1 unspecified atom stereocenters. The number of nitrogens with zero attached hydrogens (tertiary/aromatic N) is 1. The number of hydrogen-bond acceptors (Lipinski definition) is 6. The maximum Gasteiger partial charge on any atom is 0.573 e. The molecule has 1 heterocycles. The molecule has 0 radical (unpaired) electrons. The minimum atomic E-state index is -4.74. The first kappa shape index (κ1) is 24.5. The standard InChI is InChI=1S/C19H28BF3N2O5/c21-19(22,23)30-16-5-3-4-14(12-16)13-25-10-6-15(7-11-25)18(24,17(26)27)8-1-2-9-20(28)29/h3-5,12,15,28-29H,1-2,6-11,13,24H2,(H,26,27). The summed E-state index contributed by atoms with van der Waals surface area (Å²) in [4.78, 5) is 13.9. The number of carboxylic acid groups (broad SMARTS) is 1. The summed E-state index contributed by atoms with van der Waals surface area (Å²) in [6.45, 7) is 1.59. The van der Waals surface area contributed by atoms with Crippen LogP contribution in [0.2, 0.25) is 6.32 Å². The zero-order chi connectivity index (χ0) is 22.4. The number of benzene rings is 1. The van der Waals surface area contributed by atoms with E-state index < -0.39 is 25.0 Å². The number of aliphatic carboxylic acids is 1. The van der Waals surface area contributed by atoms with E-state index in [1.807, 2.05) is 4.90 Å². The minimum absolute atomic E-state index is 0.172. The van der Waals surface area contributed by atoms with Gasteiger partial charge in [0.1, 0.15) is 11.3 Å². The number of ether oxygens (including phenoxy) is 1. The van der Waals surface area contributed by atoms with Gasteiger partial charge in [0, 0.05) is 6.54 Å². The summed E-state index contributed by atoms with van der Waals surface area (Å²) in [5.74, 6) is -1.57. The molecule has 1 fully saturated rings. The largest absolute Gasteiger partial charge is 0.573 e. The van der Waals surface area contributed by atoms with Crippen molar-refractivity contribution in [2.45, 2.75) is 56.9 Å². The fourth-order valence-corrected chi connectivity index (χ4v) is 3.94. The monoisotopic (exact) mass is 432 g/mol. The summed E-state index contributed by atoms with van der Waals surface area (Å²) < 4.78 is 41.1. The third kappa shape index (κ3) is 7.46. The Morgan fingerprint density at radius 2 is 1.90 bits per heavy atom. The number of nitrogens with two attached hydrogens (primary N) is 1. The van der Waals surface area contributed by atoms with E-state index in [2.05, 4.69) is 4.74 Å². The zero-order valence-electron chi connectivity index (χ0n) is 16.6. The number of likely N-dealkylation sites (tertiary alicyclic amines) is 1. The Morgan fingerprint density at radius 1 is 1.23 bits per heavy atom. The number of rotatable bonds is 10. The molecule has 1 aromatic carbocycles. The number of hydrogen-bond donors (Lipinski definition) is 4. The number of halogens is 3. The van der Waals surface area contributed by atoms with Gasteiger partial charge in [0.05, 0.1) is 0 Å². The van der Waals surface area contributed by atoms with Gasteiger partial charge in [-0.25, -0.2) is 0 Å². The molecule has 0 amide bonds. The van der Waals surface area contributed by atoms with E-state index in [-0.39, 0.29) is 24.4 Å². The molecule has 168 valence electrons. The van der Waals surface area contributed by atoms with Gasteiger partial charge in [-0.3, -0.25) is 9.69 Å². The van der Waals surface area contributed by atoms with Crippen LogP contribution in [0.25, 0.3) is 0 Å². The normalized spacial score (nSPS) is 18.1. The first-order valence-electron chi connectivity index (χ1n) is 9.95. The average Bonchev–Trinajstić information content (AvgIpc) is 2.64. The zero-order valence-corrected chi connectivity index (χ0v) is 16.6. The molecule has 0 spiro atoms. The second kappa shape index (κ2) is 10.5. The quantitative estimate of drug-likeness (QED) is 0.331. The van der Waals surface area contributed by atoms with E-state index >= 15 is 0 Å². The second-order valence-corrected chi connectivity index (χ2v) is 7.82. The van der Waals surface area contributed by atoms with Crippen LogP contribution in [0.5, 0.6) is 5.75 Å². The molecule has 0 aromatic heterocycles. The first-order chi connectivity index (χ1) is 14.0. The molecule has 7 nitrogen and oxygen atoms in total. The highest BCUT2D eigenvalue weighted by molar-refractivity contribution is 6.40. The van der Waals surface area contributed by atoms with Gasteiger partial charge in [0.15, 0.2) is 0 Å². The van der Waals surface area contributed by atoms with Gasteiger partial charge < -0.3 is 25.6 Å². The lowest BCUT2D eigenvalue weighted by Crippen LogP contribution is -2.56. The van der Waals surface area contributed by atoms with Crippen LogP contribution in [0.3, 0.4) is 0 Å². The van der Waals surface area contributed by atoms with Crippen LogP contribution in [0.15, 0.2) is 24.3 Å². The lowest BCUT2D eigenvalue weighted by molar-refractivity contribution is -0.274. The number of piperidine rings is 1. The molecule has 30 heavy (non-hydrogen) atoms. The van der Waals surface area contributed by atoms with Crippen LogP contribution in [0.4, 0.5) is 13.2 Å². The van der Waals surface area contributed by atoms with E-state index in [1.165, 1.54) is 18.2 Å². The van der Waals surface area contributed by atoms with Crippen molar-refractivity contribution in [3.8, 4) is 5.75 Å². The third-order valence-corrected chi connectivity index (χ3v) is 5.56. The fraction of sp³-hybridized carbons (Fsp3) is 0.632. The van der Waals surface area contributed by atoms with Crippen molar-refractivity contribution in [1.82, 2.24) is 4.90 Å². The van der Waals surface area contributed by atoms with E-state index in [1.54, 1.807) is 6.07 Å². The molecule has 1 aromatic rings. The highest BCUT2D eigenvalue weighted by atomic mass is 19.4. The van der Waals surface area contributed by atoms with Crippen LogP contribution < -0.4 is 10.5 Å². The van der Waals surface area contributed by atoms with Gasteiger partial charge >= 0.3 is 19.5 Å². The molecule has 2 rings (SSSR count). The number of carboxylic acids is 1. The lowest BCUT2D eigenvalue weighted by atomic mass is 9.74. The summed E-state index contributed by atoms with van der Waals surface area (Å²) in [6.07, 6.45) is -2.25. The van der Waals surface area contributed by atoms with Crippen molar-refractivity contribution in [1.29, 1.82) is 0 Å². The fourth-order valence-electron chi connectivity index (χ4n) is 3.94. The van der Waals surface area contributed by atoms with Crippen molar-refractivity contribution in [3.05, 3.63) is 29.8 Å². The molecule has 0 saturated carbocycles. The Balaban J connectivity index is 1.90.